The molecule has 1 N–H and O–H groups in total. The largest absolute Gasteiger partial charge is 0.370 e. The zero-order chi connectivity index (χ0) is 18.0. The van der Waals surface area contributed by atoms with Crippen molar-refractivity contribution in [3.05, 3.63) is 54.6 Å². The van der Waals surface area contributed by atoms with E-state index in [1.165, 1.54) is 0 Å². The fourth-order valence-corrected chi connectivity index (χ4v) is 3.14. The lowest BCUT2D eigenvalue weighted by Crippen LogP contribution is -2.56. The summed E-state index contributed by atoms with van der Waals surface area (Å²) in [4.78, 5) is 29.1. The van der Waals surface area contributed by atoms with Gasteiger partial charge >= 0.3 is 0 Å². The third-order valence-corrected chi connectivity index (χ3v) is 4.40. The molecule has 5 heteroatoms. The molecule has 1 aliphatic rings. The topological polar surface area (TPSA) is 52.7 Å². The molecule has 0 bridgehead atoms. The summed E-state index contributed by atoms with van der Waals surface area (Å²) in [5.74, 6) is -0.210. The molecule has 0 radical (unpaired) electrons. The second kappa shape index (κ2) is 6.59. The third kappa shape index (κ3) is 3.22. The summed E-state index contributed by atoms with van der Waals surface area (Å²) in [7, 11) is 0. The lowest BCUT2D eigenvalue weighted by Gasteiger charge is -2.40. The molecule has 1 heterocycles. The van der Waals surface area contributed by atoms with Gasteiger partial charge in [-0.2, -0.15) is 0 Å². The third-order valence-electron chi connectivity index (χ3n) is 4.40. The number of hydrogen-bond acceptors (Lipinski definition) is 3. The summed E-state index contributed by atoms with van der Waals surface area (Å²) in [6.45, 7) is 6.16. The Bertz CT molecular complexity index is 787. The summed E-state index contributed by atoms with van der Waals surface area (Å²) in [5, 5.41) is 3.25. The molecule has 2 aromatic carbocycles. The fraction of sp³-hybridized carbons (Fsp3) is 0.300. The van der Waals surface area contributed by atoms with Crippen molar-refractivity contribution >= 4 is 28.9 Å². The lowest BCUT2D eigenvalue weighted by atomic mass is 9.98. The second-order valence-corrected chi connectivity index (χ2v) is 6.63. The number of amides is 2. The highest BCUT2D eigenvalue weighted by Gasteiger charge is 2.39. The van der Waals surface area contributed by atoms with Crippen LogP contribution in [0.4, 0.5) is 17.1 Å². The van der Waals surface area contributed by atoms with Gasteiger partial charge in [-0.05, 0) is 45.0 Å². The Kier molecular flexibility index (Phi) is 4.49. The van der Waals surface area contributed by atoms with Crippen LogP contribution in [0.15, 0.2) is 54.6 Å². The van der Waals surface area contributed by atoms with Gasteiger partial charge in [-0.3, -0.25) is 14.5 Å². The van der Waals surface area contributed by atoms with Gasteiger partial charge in [0, 0.05) is 12.2 Å². The predicted octanol–water partition coefficient (Wildman–Crippen LogP) is 3.28. The number of anilines is 3. The molecule has 2 amide bonds. The van der Waals surface area contributed by atoms with Crippen LogP contribution in [0.5, 0.6) is 0 Å². The highest BCUT2D eigenvalue weighted by molar-refractivity contribution is 6.11. The molecule has 2 aromatic rings. The average Bonchev–Trinajstić information content (AvgIpc) is 2.60. The molecular weight excluding hydrogens is 314 g/mol. The first-order chi connectivity index (χ1) is 11.9. The number of rotatable bonds is 4. The number of likely N-dealkylation sites (N-methyl/N-ethyl adjacent to an activating group) is 1. The molecule has 0 saturated heterocycles. The quantitative estimate of drug-likeness (QED) is 0.931. The summed E-state index contributed by atoms with van der Waals surface area (Å²) in [6.07, 6.45) is 0. The standard InChI is InChI=1S/C20H23N3O2/c1-4-22(15-10-6-5-7-11-15)18(24)14-23-17-13-9-8-12-16(17)21-20(2,3)19(23)25/h5-13,21H,4,14H2,1-3H3. The minimum atomic E-state index is -0.752. The van der Waals surface area contributed by atoms with Crippen LogP contribution in [0.1, 0.15) is 20.8 Å². The zero-order valence-electron chi connectivity index (χ0n) is 14.8. The molecule has 0 unspecified atom stereocenters. The van der Waals surface area contributed by atoms with Crippen molar-refractivity contribution in [3.8, 4) is 0 Å². The number of fused-ring (bicyclic) bond motifs is 1. The van der Waals surface area contributed by atoms with Crippen LogP contribution < -0.4 is 15.1 Å². The molecule has 5 nitrogen and oxygen atoms in total. The van der Waals surface area contributed by atoms with Crippen LogP contribution in [0.3, 0.4) is 0 Å². The molecule has 25 heavy (non-hydrogen) atoms. The van der Waals surface area contributed by atoms with E-state index in [1.807, 2.05) is 75.4 Å². The maximum Gasteiger partial charge on any atom is 0.252 e. The van der Waals surface area contributed by atoms with E-state index in [0.717, 1.165) is 17.1 Å². The van der Waals surface area contributed by atoms with Crippen molar-refractivity contribution in [2.75, 3.05) is 28.2 Å². The number of hydrogen-bond donors (Lipinski definition) is 1. The van der Waals surface area contributed by atoms with Crippen molar-refractivity contribution < 1.29 is 9.59 Å². The average molecular weight is 337 g/mol. The van der Waals surface area contributed by atoms with Crippen LogP contribution >= 0.6 is 0 Å². The minimum absolute atomic E-state index is 0.0176. The van der Waals surface area contributed by atoms with Gasteiger partial charge in [0.1, 0.15) is 12.1 Å². The number of benzene rings is 2. The van der Waals surface area contributed by atoms with Gasteiger partial charge in [-0.25, -0.2) is 0 Å². The predicted molar refractivity (Wildman–Crippen MR) is 101 cm³/mol. The summed E-state index contributed by atoms with van der Waals surface area (Å²) in [6, 6.07) is 17.1. The van der Waals surface area contributed by atoms with Gasteiger partial charge in [0.2, 0.25) is 5.91 Å². The highest BCUT2D eigenvalue weighted by Crippen LogP contribution is 2.35. The summed E-state index contributed by atoms with van der Waals surface area (Å²) >= 11 is 0. The summed E-state index contributed by atoms with van der Waals surface area (Å²) in [5.41, 5.74) is 1.69. The molecule has 0 fully saturated rings. The van der Waals surface area contributed by atoms with E-state index in [-0.39, 0.29) is 18.4 Å². The van der Waals surface area contributed by atoms with E-state index in [9.17, 15) is 9.59 Å². The van der Waals surface area contributed by atoms with E-state index >= 15 is 0 Å². The Hall–Kier alpha value is -2.82. The zero-order valence-corrected chi connectivity index (χ0v) is 14.8. The van der Waals surface area contributed by atoms with Crippen molar-refractivity contribution in [3.63, 3.8) is 0 Å². The van der Waals surface area contributed by atoms with Gasteiger partial charge in [0.25, 0.3) is 5.91 Å². The number of carbonyl (C=O) groups excluding carboxylic acids is 2. The molecule has 0 aromatic heterocycles. The Balaban J connectivity index is 1.90. The van der Waals surface area contributed by atoms with E-state index in [2.05, 4.69) is 5.32 Å². The Labute approximate surface area is 148 Å². The molecule has 0 atom stereocenters. The number of nitrogens with one attached hydrogen (secondary N) is 1. The smallest absolute Gasteiger partial charge is 0.252 e. The molecule has 0 saturated carbocycles. The SMILES string of the molecule is CCN(C(=O)CN1C(=O)C(C)(C)Nc2ccccc21)c1ccccc1. The fourth-order valence-electron chi connectivity index (χ4n) is 3.14. The van der Waals surface area contributed by atoms with Gasteiger partial charge in [-0.1, -0.05) is 30.3 Å². The molecule has 0 spiro atoms. The minimum Gasteiger partial charge on any atom is -0.370 e. The van der Waals surface area contributed by atoms with Crippen LogP contribution in [0.2, 0.25) is 0 Å². The Morgan fingerprint density at radius 3 is 2.40 bits per heavy atom. The van der Waals surface area contributed by atoms with E-state index in [0.29, 0.717) is 6.54 Å². The molecule has 0 aliphatic carbocycles. The van der Waals surface area contributed by atoms with E-state index in [1.54, 1.807) is 9.80 Å². The first-order valence-corrected chi connectivity index (χ1v) is 8.48. The first kappa shape index (κ1) is 17.0. The van der Waals surface area contributed by atoms with Gasteiger partial charge < -0.3 is 10.2 Å². The van der Waals surface area contributed by atoms with Crippen molar-refractivity contribution in [2.24, 2.45) is 0 Å². The monoisotopic (exact) mass is 337 g/mol. The van der Waals surface area contributed by atoms with Gasteiger partial charge in [0.15, 0.2) is 0 Å². The van der Waals surface area contributed by atoms with Crippen LogP contribution in [0.25, 0.3) is 0 Å². The van der Waals surface area contributed by atoms with Crippen LogP contribution in [0, 0.1) is 0 Å². The van der Waals surface area contributed by atoms with Crippen LogP contribution in [-0.4, -0.2) is 30.4 Å². The second-order valence-electron chi connectivity index (χ2n) is 6.63. The van der Waals surface area contributed by atoms with E-state index < -0.39 is 5.54 Å². The molecular formula is C20H23N3O2. The summed E-state index contributed by atoms with van der Waals surface area (Å²) < 4.78 is 0. The number of carbonyl (C=O) groups is 2. The van der Waals surface area contributed by atoms with Crippen molar-refractivity contribution in [2.45, 2.75) is 26.3 Å². The molecule has 1 aliphatic heterocycles. The van der Waals surface area contributed by atoms with Gasteiger partial charge in [-0.15, -0.1) is 0 Å². The molecule has 3 rings (SSSR count). The maximum absolute atomic E-state index is 12.9. The molecule has 130 valence electrons. The Morgan fingerprint density at radius 2 is 1.72 bits per heavy atom. The van der Waals surface area contributed by atoms with Crippen LogP contribution in [-0.2, 0) is 9.59 Å². The van der Waals surface area contributed by atoms with Gasteiger partial charge in [0.05, 0.1) is 11.4 Å². The van der Waals surface area contributed by atoms with Crippen molar-refractivity contribution in [1.29, 1.82) is 0 Å². The lowest BCUT2D eigenvalue weighted by molar-refractivity contribution is -0.125. The van der Waals surface area contributed by atoms with Crippen molar-refractivity contribution in [1.82, 2.24) is 0 Å². The highest BCUT2D eigenvalue weighted by atomic mass is 16.2. The normalized spacial score (nSPS) is 15.3. The van der Waals surface area contributed by atoms with E-state index in [4.69, 9.17) is 0 Å². The number of nitrogens with zero attached hydrogens (tertiary/aromatic N) is 2. The maximum atomic E-state index is 12.9. The Morgan fingerprint density at radius 1 is 1.08 bits per heavy atom. The number of para-hydroxylation sites is 3. The first-order valence-electron chi connectivity index (χ1n) is 8.48.